The van der Waals surface area contributed by atoms with Gasteiger partial charge in [-0.15, -0.1) is 0 Å². The van der Waals surface area contributed by atoms with Crippen molar-refractivity contribution in [3.63, 3.8) is 0 Å². The molecule has 0 spiro atoms. The Hall–Kier alpha value is -0.920. The fourth-order valence-corrected chi connectivity index (χ4v) is 7.82. The highest BCUT2D eigenvalue weighted by Gasteiger charge is 2.33. The van der Waals surface area contributed by atoms with Crippen molar-refractivity contribution in [1.29, 1.82) is 0 Å². The Morgan fingerprint density at radius 3 is 2.12 bits per heavy atom. The number of sulfone groups is 1. The summed E-state index contributed by atoms with van der Waals surface area (Å²) in [5.74, 6) is 1.16. The molecule has 1 aromatic carbocycles. The second-order valence-electron chi connectivity index (χ2n) is 10.9. The monoisotopic (exact) mass is 483 g/mol. The molecule has 3 rings (SSSR count). The predicted molar refractivity (Wildman–Crippen MR) is 131 cm³/mol. The molecule has 0 bridgehead atoms. The van der Waals surface area contributed by atoms with Gasteiger partial charge in [-0.25, -0.2) is 21.6 Å². The number of sulfonamides is 1. The SMILES string of the molecule is CC(C)(C)S(=O)(=O)CC1CCC(CCc2cccc(S(=O)(=O)NC3CCCCC3)c2)CC1. The van der Waals surface area contributed by atoms with Crippen LogP contribution in [-0.2, 0) is 26.3 Å². The van der Waals surface area contributed by atoms with Gasteiger partial charge in [0.15, 0.2) is 9.84 Å². The molecule has 182 valence electrons. The number of hydrogen-bond acceptors (Lipinski definition) is 4. The topological polar surface area (TPSA) is 80.3 Å². The molecule has 0 atom stereocenters. The molecule has 7 heteroatoms. The van der Waals surface area contributed by atoms with Crippen LogP contribution in [-0.4, -0.2) is 33.4 Å². The lowest BCUT2D eigenvalue weighted by atomic mass is 9.80. The Labute approximate surface area is 195 Å². The zero-order valence-electron chi connectivity index (χ0n) is 20.0. The number of rotatable bonds is 8. The predicted octanol–water partition coefficient (Wildman–Crippen LogP) is 5.25. The van der Waals surface area contributed by atoms with E-state index in [4.69, 9.17) is 0 Å². The van der Waals surface area contributed by atoms with E-state index >= 15 is 0 Å². The molecular formula is C25H41NO4S2. The molecule has 1 N–H and O–H groups in total. The van der Waals surface area contributed by atoms with E-state index in [1.807, 2.05) is 18.2 Å². The first kappa shape index (κ1) is 25.7. The summed E-state index contributed by atoms with van der Waals surface area (Å²) >= 11 is 0. The van der Waals surface area contributed by atoms with E-state index in [1.165, 1.54) is 6.42 Å². The molecule has 0 unspecified atom stereocenters. The van der Waals surface area contributed by atoms with Gasteiger partial charge >= 0.3 is 0 Å². The van der Waals surface area contributed by atoms with Crippen LogP contribution in [0.1, 0.15) is 90.5 Å². The van der Waals surface area contributed by atoms with Gasteiger partial charge in [0.2, 0.25) is 10.0 Å². The van der Waals surface area contributed by atoms with Gasteiger partial charge < -0.3 is 0 Å². The van der Waals surface area contributed by atoms with Gasteiger partial charge in [0.25, 0.3) is 0 Å². The van der Waals surface area contributed by atoms with Crippen LogP contribution < -0.4 is 4.72 Å². The van der Waals surface area contributed by atoms with Gasteiger partial charge in [0, 0.05) is 6.04 Å². The summed E-state index contributed by atoms with van der Waals surface area (Å²) in [7, 11) is -6.53. The van der Waals surface area contributed by atoms with Crippen molar-refractivity contribution >= 4 is 19.9 Å². The zero-order valence-corrected chi connectivity index (χ0v) is 21.6. The average molecular weight is 484 g/mol. The minimum absolute atomic E-state index is 0.0645. The maximum absolute atomic E-state index is 12.8. The minimum Gasteiger partial charge on any atom is -0.228 e. The van der Waals surface area contributed by atoms with E-state index in [0.29, 0.717) is 16.6 Å². The quantitative estimate of drug-likeness (QED) is 0.548. The standard InChI is InChI=1S/C25H41NO4S2/c1-25(2,3)31(27,28)19-22-16-13-20(14-17-22)12-15-21-8-7-11-24(18-21)32(29,30)26-23-9-5-4-6-10-23/h7-8,11,18,20,22-23,26H,4-6,9-10,12-17,19H2,1-3H3. The molecule has 0 amide bonds. The average Bonchev–Trinajstić information content (AvgIpc) is 2.73. The molecule has 2 fully saturated rings. The van der Waals surface area contributed by atoms with Gasteiger partial charge in [-0.05, 0) is 88.8 Å². The normalized spacial score (nSPS) is 23.8. The zero-order chi connectivity index (χ0) is 23.4. The maximum Gasteiger partial charge on any atom is 0.240 e. The molecule has 5 nitrogen and oxygen atoms in total. The van der Waals surface area contributed by atoms with Crippen molar-refractivity contribution in [1.82, 2.24) is 4.72 Å². The van der Waals surface area contributed by atoms with E-state index in [1.54, 1.807) is 26.8 Å². The third-order valence-electron chi connectivity index (χ3n) is 7.33. The van der Waals surface area contributed by atoms with Gasteiger partial charge in [0.05, 0.1) is 15.4 Å². The van der Waals surface area contributed by atoms with E-state index in [2.05, 4.69) is 4.72 Å². The van der Waals surface area contributed by atoms with Crippen molar-refractivity contribution in [3.8, 4) is 0 Å². The summed E-state index contributed by atoms with van der Waals surface area (Å²) in [6.07, 6.45) is 11.2. The molecule has 0 saturated heterocycles. The maximum atomic E-state index is 12.8. The summed E-state index contributed by atoms with van der Waals surface area (Å²) in [6.45, 7) is 5.35. The van der Waals surface area contributed by atoms with E-state index < -0.39 is 24.6 Å². The van der Waals surface area contributed by atoms with E-state index in [-0.39, 0.29) is 12.0 Å². The van der Waals surface area contributed by atoms with Crippen LogP contribution in [0.4, 0.5) is 0 Å². The smallest absolute Gasteiger partial charge is 0.228 e. The second-order valence-corrected chi connectivity index (χ2v) is 15.4. The number of nitrogens with one attached hydrogen (secondary N) is 1. The highest BCUT2D eigenvalue weighted by Crippen LogP contribution is 2.34. The van der Waals surface area contributed by atoms with Gasteiger partial charge in [-0.3, -0.25) is 0 Å². The fourth-order valence-electron chi connectivity index (χ4n) is 4.99. The van der Waals surface area contributed by atoms with Gasteiger partial charge in [0.1, 0.15) is 0 Å². The van der Waals surface area contributed by atoms with Crippen molar-refractivity contribution in [2.45, 2.75) is 107 Å². The Balaban J connectivity index is 1.50. The molecular weight excluding hydrogens is 442 g/mol. The highest BCUT2D eigenvalue weighted by atomic mass is 32.2. The molecule has 2 aliphatic rings. The molecule has 1 aromatic rings. The molecule has 2 aliphatic carbocycles. The van der Waals surface area contributed by atoms with Crippen LogP contribution in [0.3, 0.4) is 0 Å². The Morgan fingerprint density at radius 1 is 0.875 bits per heavy atom. The van der Waals surface area contributed by atoms with Crippen LogP contribution in [0.5, 0.6) is 0 Å². The first-order chi connectivity index (χ1) is 15.0. The van der Waals surface area contributed by atoms with Crippen molar-refractivity contribution in [2.75, 3.05) is 5.75 Å². The lowest BCUT2D eigenvalue weighted by molar-refractivity contribution is 0.278. The van der Waals surface area contributed by atoms with Crippen molar-refractivity contribution < 1.29 is 16.8 Å². The van der Waals surface area contributed by atoms with Crippen LogP contribution in [0, 0.1) is 11.8 Å². The second kappa shape index (κ2) is 10.6. The summed E-state index contributed by atoms with van der Waals surface area (Å²) in [4.78, 5) is 0.372. The van der Waals surface area contributed by atoms with Crippen LogP contribution in [0.25, 0.3) is 0 Å². The van der Waals surface area contributed by atoms with Crippen LogP contribution >= 0.6 is 0 Å². The van der Waals surface area contributed by atoms with Gasteiger partial charge in [-0.1, -0.05) is 44.2 Å². The molecule has 0 aliphatic heterocycles. The third kappa shape index (κ3) is 7.04. The highest BCUT2D eigenvalue weighted by molar-refractivity contribution is 7.92. The molecule has 0 aromatic heterocycles. The number of hydrogen-bond donors (Lipinski definition) is 1. The van der Waals surface area contributed by atoms with Crippen LogP contribution in [0.15, 0.2) is 29.2 Å². The summed E-state index contributed by atoms with van der Waals surface area (Å²) < 4.78 is 52.9. The Morgan fingerprint density at radius 2 is 1.50 bits per heavy atom. The lowest BCUT2D eigenvalue weighted by Crippen LogP contribution is -2.36. The first-order valence-electron chi connectivity index (χ1n) is 12.3. The largest absolute Gasteiger partial charge is 0.240 e. The Bertz CT molecular complexity index is 950. The fraction of sp³-hybridized carbons (Fsp3) is 0.760. The Kier molecular flexibility index (Phi) is 8.48. The summed E-state index contributed by atoms with van der Waals surface area (Å²) in [5, 5.41) is 0. The van der Waals surface area contributed by atoms with Gasteiger partial charge in [-0.2, -0.15) is 0 Å². The molecule has 32 heavy (non-hydrogen) atoms. The van der Waals surface area contributed by atoms with Crippen molar-refractivity contribution in [3.05, 3.63) is 29.8 Å². The minimum atomic E-state index is -3.47. The van der Waals surface area contributed by atoms with E-state index in [9.17, 15) is 16.8 Å². The third-order valence-corrected chi connectivity index (χ3v) is 11.6. The summed E-state index contributed by atoms with van der Waals surface area (Å²) in [6, 6.07) is 7.44. The number of benzene rings is 1. The number of aryl methyl sites for hydroxylation is 1. The molecule has 0 radical (unpaired) electrons. The summed E-state index contributed by atoms with van der Waals surface area (Å²) in [5.41, 5.74) is 1.06. The van der Waals surface area contributed by atoms with Crippen molar-refractivity contribution in [2.24, 2.45) is 11.8 Å². The lowest BCUT2D eigenvalue weighted by Gasteiger charge is -2.30. The molecule has 0 heterocycles. The molecule has 2 saturated carbocycles. The van der Waals surface area contributed by atoms with Crippen LogP contribution in [0.2, 0.25) is 0 Å². The first-order valence-corrected chi connectivity index (χ1v) is 15.4. The van der Waals surface area contributed by atoms with E-state index in [0.717, 1.165) is 69.8 Å².